The molecule has 2 heterocycles. The molecular weight excluding hydrogens is 234 g/mol. The van der Waals surface area contributed by atoms with Gasteiger partial charge in [0.2, 0.25) is 0 Å². The van der Waals surface area contributed by atoms with E-state index in [1.54, 1.807) is 6.20 Å². The Hall–Kier alpha value is -1.48. The van der Waals surface area contributed by atoms with Crippen LogP contribution in [0.4, 0.5) is 0 Å². The number of halogens is 1. The van der Waals surface area contributed by atoms with Gasteiger partial charge in [0, 0.05) is 23.1 Å². The lowest BCUT2D eigenvalue weighted by molar-refractivity contribution is 0.874. The van der Waals surface area contributed by atoms with Crippen molar-refractivity contribution in [2.75, 3.05) is 0 Å². The molecule has 3 nitrogen and oxygen atoms in total. The minimum atomic E-state index is 0.544. The van der Waals surface area contributed by atoms with Gasteiger partial charge in [-0.15, -0.1) is 0 Å². The van der Waals surface area contributed by atoms with Crippen molar-refractivity contribution in [3.05, 3.63) is 52.3 Å². The van der Waals surface area contributed by atoms with Crippen LogP contribution in [-0.2, 0) is 12.8 Å². The van der Waals surface area contributed by atoms with Crippen LogP contribution in [0.2, 0.25) is 5.15 Å². The summed E-state index contributed by atoms with van der Waals surface area (Å²) in [6, 6.07) is 5.81. The molecule has 2 aromatic heterocycles. The second-order valence-corrected chi connectivity index (χ2v) is 4.21. The van der Waals surface area contributed by atoms with Crippen molar-refractivity contribution < 1.29 is 0 Å². The predicted octanol–water partition coefficient (Wildman–Crippen LogP) is 2.99. The minimum absolute atomic E-state index is 0.544. The molecule has 0 aliphatic rings. The first-order chi connectivity index (χ1) is 8.20. The highest BCUT2D eigenvalue weighted by Gasteiger charge is 2.08. The van der Waals surface area contributed by atoms with Crippen LogP contribution in [0.25, 0.3) is 0 Å². The van der Waals surface area contributed by atoms with E-state index in [2.05, 4.69) is 21.9 Å². The van der Waals surface area contributed by atoms with Gasteiger partial charge in [-0.05, 0) is 25.5 Å². The molecule has 0 saturated heterocycles. The van der Waals surface area contributed by atoms with Gasteiger partial charge >= 0.3 is 0 Å². The summed E-state index contributed by atoms with van der Waals surface area (Å²) in [6.45, 7) is 4.02. The monoisotopic (exact) mass is 247 g/mol. The van der Waals surface area contributed by atoms with Gasteiger partial charge in [0.15, 0.2) is 0 Å². The van der Waals surface area contributed by atoms with Crippen molar-refractivity contribution in [1.29, 1.82) is 0 Å². The van der Waals surface area contributed by atoms with Crippen LogP contribution in [0, 0.1) is 6.92 Å². The second-order valence-electron chi connectivity index (χ2n) is 3.85. The molecule has 0 fully saturated rings. The Morgan fingerprint density at radius 3 is 2.71 bits per heavy atom. The summed E-state index contributed by atoms with van der Waals surface area (Å²) in [6.07, 6.45) is 3.25. The lowest BCUT2D eigenvalue weighted by atomic mass is 10.2. The topological polar surface area (TPSA) is 38.7 Å². The first kappa shape index (κ1) is 12.0. The average molecular weight is 248 g/mol. The third kappa shape index (κ3) is 2.80. The summed E-state index contributed by atoms with van der Waals surface area (Å²) in [7, 11) is 0. The summed E-state index contributed by atoms with van der Waals surface area (Å²) in [5, 5.41) is 0.544. The fraction of sp³-hybridized carbons (Fsp3) is 0.308. The van der Waals surface area contributed by atoms with Gasteiger partial charge < -0.3 is 0 Å². The van der Waals surface area contributed by atoms with Crippen LogP contribution in [0.15, 0.2) is 24.4 Å². The number of rotatable bonds is 3. The van der Waals surface area contributed by atoms with Crippen molar-refractivity contribution in [3.63, 3.8) is 0 Å². The summed E-state index contributed by atoms with van der Waals surface area (Å²) in [5.41, 5.74) is 2.93. The molecule has 0 radical (unpaired) electrons. The van der Waals surface area contributed by atoms with Crippen LogP contribution < -0.4 is 0 Å². The van der Waals surface area contributed by atoms with Crippen LogP contribution in [0.5, 0.6) is 0 Å². The normalized spacial score (nSPS) is 10.5. The largest absolute Gasteiger partial charge is 0.261 e. The number of hydrogen-bond acceptors (Lipinski definition) is 3. The van der Waals surface area contributed by atoms with E-state index in [1.165, 1.54) is 0 Å². The summed E-state index contributed by atoms with van der Waals surface area (Å²) < 4.78 is 0. The summed E-state index contributed by atoms with van der Waals surface area (Å²) in [4.78, 5) is 13.1. The molecule has 0 aliphatic carbocycles. The van der Waals surface area contributed by atoms with E-state index in [1.807, 2.05) is 25.1 Å². The number of aryl methyl sites for hydroxylation is 1. The lowest BCUT2D eigenvalue weighted by Crippen LogP contribution is -2.04. The van der Waals surface area contributed by atoms with Crippen molar-refractivity contribution in [1.82, 2.24) is 15.0 Å². The van der Waals surface area contributed by atoms with Gasteiger partial charge in [-0.1, -0.05) is 24.6 Å². The van der Waals surface area contributed by atoms with E-state index in [0.29, 0.717) is 11.6 Å². The zero-order valence-corrected chi connectivity index (χ0v) is 10.7. The highest BCUT2D eigenvalue weighted by atomic mass is 35.5. The van der Waals surface area contributed by atoms with Crippen LogP contribution >= 0.6 is 11.6 Å². The van der Waals surface area contributed by atoms with E-state index in [4.69, 9.17) is 11.6 Å². The predicted molar refractivity (Wildman–Crippen MR) is 68.2 cm³/mol. The van der Waals surface area contributed by atoms with E-state index >= 15 is 0 Å². The molecule has 0 bridgehead atoms. The molecular formula is C13H14ClN3. The maximum absolute atomic E-state index is 6.09. The maximum atomic E-state index is 6.09. The van der Waals surface area contributed by atoms with Gasteiger partial charge in [0.1, 0.15) is 11.0 Å². The SMILES string of the molecule is CCc1nc(Cc2ccccn2)nc(Cl)c1C. The summed E-state index contributed by atoms with van der Waals surface area (Å²) in [5.74, 6) is 0.733. The standard InChI is InChI=1S/C13H14ClN3/c1-3-11-9(2)13(14)17-12(16-11)8-10-6-4-5-7-15-10/h4-7H,3,8H2,1-2H3. The zero-order valence-electron chi connectivity index (χ0n) is 9.94. The second kappa shape index (κ2) is 5.23. The molecule has 0 saturated carbocycles. The Labute approximate surface area is 106 Å². The molecule has 0 aromatic carbocycles. The molecule has 88 valence electrons. The Morgan fingerprint density at radius 2 is 2.06 bits per heavy atom. The Bertz CT molecular complexity index is 512. The van der Waals surface area contributed by atoms with Crippen molar-refractivity contribution in [2.45, 2.75) is 26.7 Å². The number of pyridine rings is 1. The first-order valence-electron chi connectivity index (χ1n) is 5.62. The molecule has 0 aliphatic heterocycles. The minimum Gasteiger partial charge on any atom is -0.261 e. The zero-order chi connectivity index (χ0) is 12.3. The quantitative estimate of drug-likeness (QED) is 0.783. The van der Waals surface area contributed by atoms with E-state index in [-0.39, 0.29) is 0 Å². The molecule has 0 N–H and O–H groups in total. The summed E-state index contributed by atoms with van der Waals surface area (Å²) >= 11 is 6.09. The Morgan fingerprint density at radius 1 is 1.24 bits per heavy atom. The van der Waals surface area contributed by atoms with E-state index in [9.17, 15) is 0 Å². The maximum Gasteiger partial charge on any atom is 0.136 e. The van der Waals surface area contributed by atoms with Gasteiger partial charge in [-0.2, -0.15) is 0 Å². The number of nitrogens with zero attached hydrogens (tertiary/aromatic N) is 3. The van der Waals surface area contributed by atoms with Gasteiger partial charge in [-0.25, -0.2) is 9.97 Å². The smallest absolute Gasteiger partial charge is 0.136 e. The molecule has 2 rings (SSSR count). The van der Waals surface area contributed by atoms with Crippen LogP contribution in [-0.4, -0.2) is 15.0 Å². The molecule has 2 aromatic rings. The van der Waals surface area contributed by atoms with Crippen molar-refractivity contribution >= 4 is 11.6 Å². The fourth-order valence-corrected chi connectivity index (χ4v) is 1.88. The number of aromatic nitrogens is 3. The highest BCUT2D eigenvalue weighted by molar-refractivity contribution is 6.30. The van der Waals surface area contributed by atoms with Gasteiger partial charge in [0.25, 0.3) is 0 Å². The third-order valence-corrected chi connectivity index (χ3v) is 3.00. The molecule has 0 spiro atoms. The van der Waals surface area contributed by atoms with E-state index in [0.717, 1.165) is 29.2 Å². The molecule has 4 heteroatoms. The van der Waals surface area contributed by atoms with Crippen LogP contribution in [0.1, 0.15) is 29.7 Å². The van der Waals surface area contributed by atoms with Crippen LogP contribution in [0.3, 0.4) is 0 Å². The van der Waals surface area contributed by atoms with Gasteiger partial charge in [-0.3, -0.25) is 4.98 Å². The van der Waals surface area contributed by atoms with Crippen molar-refractivity contribution in [2.24, 2.45) is 0 Å². The fourth-order valence-electron chi connectivity index (χ4n) is 1.67. The van der Waals surface area contributed by atoms with E-state index < -0.39 is 0 Å². The molecule has 0 amide bonds. The molecule has 17 heavy (non-hydrogen) atoms. The number of hydrogen-bond donors (Lipinski definition) is 0. The Kier molecular flexibility index (Phi) is 3.69. The lowest BCUT2D eigenvalue weighted by Gasteiger charge is -2.07. The first-order valence-corrected chi connectivity index (χ1v) is 6.00. The molecule has 0 unspecified atom stereocenters. The van der Waals surface area contributed by atoms with Crippen molar-refractivity contribution in [3.8, 4) is 0 Å². The van der Waals surface area contributed by atoms with Gasteiger partial charge in [0.05, 0.1) is 6.42 Å². The third-order valence-electron chi connectivity index (χ3n) is 2.63. The highest BCUT2D eigenvalue weighted by Crippen LogP contribution is 2.17. The average Bonchev–Trinajstić information content (AvgIpc) is 2.35. The Balaban J connectivity index is 2.31. The molecule has 0 atom stereocenters.